The van der Waals surface area contributed by atoms with Crippen LogP contribution in [-0.4, -0.2) is 33.1 Å². The standard InChI is InChI=1S/C19H20ClN5O2S/c1-11-8-9-16(27-3)15(10-11)22-18(26)12(2)28-19-24-23-17(25(19)21)13-6-4-5-7-14(13)20/h4-10,12H,21H2,1-3H3,(H,22,26)/t12-/m1/s1. The molecule has 7 nitrogen and oxygen atoms in total. The van der Waals surface area contributed by atoms with Crippen molar-refractivity contribution in [2.24, 2.45) is 0 Å². The average molecular weight is 418 g/mol. The van der Waals surface area contributed by atoms with Crippen molar-refractivity contribution in [1.82, 2.24) is 14.9 Å². The summed E-state index contributed by atoms with van der Waals surface area (Å²) in [7, 11) is 1.56. The number of aryl methyl sites for hydroxylation is 1. The summed E-state index contributed by atoms with van der Waals surface area (Å²) in [5, 5.41) is 11.6. The Morgan fingerprint density at radius 2 is 2.04 bits per heavy atom. The van der Waals surface area contributed by atoms with Gasteiger partial charge in [0, 0.05) is 5.56 Å². The predicted molar refractivity (Wildman–Crippen MR) is 112 cm³/mol. The van der Waals surface area contributed by atoms with Gasteiger partial charge in [-0.15, -0.1) is 10.2 Å². The van der Waals surface area contributed by atoms with Crippen molar-refractivity contribution in [3.05, 3.63) is 53.1 Å². The largest absolute Gasteiger partial charge is 0.495 e. The number of hydrogen-bond donors (Lipinski definition) is 2. The SMILES string of the molecule is COc1ccc(C)cc1NC(=O)[C@@H](C)Sc1nnc(-c2ccccc2Cl)n1N. The minimum Gasteiger partial charge on any atom is -0.495 e. The van der Waals surface area contributed by atoms with Gasteiger partial charge >= 0.3 is 0 Å². The second-order valence-electron chi connectivity index (χ2n) is 6.11. The topological polar surface area (TPSA) is 95.1 Å². The summed E-state index contributed by atoms with van der Waals surface area (Å²) in [4.78, 5) is 12.6. The van der Waals surface area contributed by atoms with Crippen molar-refractivity contribution in [2.75, 3.05) is 18.3 Å². The molecule has 3 rings (SSSR count). The predicted octanol–water partition coefficient (Wildman–Crippen LogP) is 3.75. The number of amides is 1. The van der Waals surface area contributed by atoms with Gasteiger partial charge in [-0.05, 0) is 43.7 Å². The highest BCUT2D eigenvalue weighted by Crippen LogP contribution is 2.30. The first kappa shape index (κ1) is 20.0. The van der Waals surface area contributed by atoms with Gasteiger partial charge in [-0.2, -0.15) is 0 Å². The molecule has 0 aliphatic heterocycles. The Bertz CT molecular complexity index is 1010. The first-order valence-corrected chi connectivity index (χ1v) is 9.74. The molecule has 0 saturated carbocycles. The number of rotatable bonds is 6. The van der Waals surface area contributed by atoms with Crippen LogP contribution < -0.4 is 15.9 Å². The number of halogens is 1. The third-order valence-electron chi connectivity index (χ3n) is 4.04. The summed E-state index contributed by atoms with van der Waals surface area (Å²) in [6.45, 7) is 3.71. The Labute approximate surface area is 172 Å². The molecule has 0 spiro atoms. The zero-order chi connectivity index (χ0) is 20.3. The molecule has 9 heteroatoms. The molecule has 0 aliphatic carbocycles. The number of ether oxygens (including phenoxy) is 1. The fourth-order valence-electron chi connectivity index (χ4n) is 2.55. The van der Waals surface area contributed by atoms with Crippen LogP contribution in [0.1, 0.15) is 12.5 Å². The number of carbonyl (C=O) groups is 1. The van der Waals surface area contributed by atoms with Crippen molar-refractivity contribution >= 4 is 35.0 Å². The molecular weight excluding hydrogens is 398 g/mol. The molecule has 3 N–H and O–H groups in total. The van der Waals surface area contributed by atoms with Crippen molar-refractivity contribution in [1.29, 1.82) is 0 Å². The highest BCUT2D eigenvalue weighted by molar-refractivity contribution is 8.00. The van der Waals surface area contributed by atoms with E-state index in [0.29, 0.717) is 33.0 Å². The molecule has 0 unspecified atom stereocenters. The lowest BCUT2D eigenvalue weighted by atomic mass is 10.2. The number of nitrogens with zero attached hydrogens (tertiary/aromatic N) is 3. The minimum absolute atomic E-state index is 0.198. The first-order valence-electron chi connectivity index (χ1n) is 8.48. The summed E-state index contributed by atoms with van der Waals surface area (Å²) in [6.07, 6.45) is 0. The van der Waals surface area contributed by atoms with Crippen LogP contribution in [0.25, 0.3) is 11.4 Å². The quantitative estimate of drug-likeness (QED) is 0.468. The Morgan fingerprint density at radius 1 is 1.29 bits per heavy atom. The second-order valence-corrected chi connectivity index (χ2v) is 7.82. The van der Waals surface area contributed by atoms with E-state index in [0.717, 1.165) is 5.56 Å². The molecule has 2 aromatic carbocycles. The van der Waals surface area contributed by atoms with E-state index in [1.807, 2.05) is 43.3 Å². The van der Waals surface area contributed by atoms with Crippen LogP contribution in [0, 0.1) is 6.92 Å². The van der Waals surface area contributed by atoms with E-state index in [1.165, 1.54) is 16.4 Å². The van der Waals surface area contributed by atoms with Gasteiger partial charge < -0.3 is 15.9 Å². The lowest BCUT2D eigenvalue weighted by Gasteiger charge is -2.14. The molecule has 0 aliphatic rings. The summed E-state index contributed by atoms with van der Waals surface area (Å²) in [6, 6.07) is 12.8. The number of carbonyl (C=O) groups excluding carboxylic acids is 1. The van der Waals surface area contributed by atoms with Crippen LogP contribution in [-0.2, 0) is 4.79 Å². The highest BCUT2D eigenvalue weighted by Gasteiger charge is 2.21. The third-order valence-corrected chi connectivity index (χ3v) is 5.43. The molecule has 146 valence electrons. The number of thioether (sulfide) groups is 1. The number of nitrogen functional groups attached to an aromatic ring is 1. The van der Waals surface area contributed by atoms with Crippen LogP contribution in [0.3, 0.4) is 0 Å². The van der Waals surface area contributed by atoms with Gasteiger partial charge in [0.15, 0.2) is 5.82 Å². The molecule has 1 heterocycles. The Hall–Kier alpha value is -2.71. The fourth-order valence-corrected chi connectivity index (χ4v) is 3.54. The van der Waals surface area contributed by atoms with E-state index in [1.54, 1.807) is 20.1 Å². The fraction of sp³-hybridized carbons (Fsp3) is 0.211. The molecular formula is C19H20ClN5O2S. The number of anilines is 1. The van der Waals surface area contributed by atoms with Gasteiger partial charge in [0.1, 0.15) is 5.75 Å². The summed E-state index contributed by atoms with van der Waals surface area (Å²) < 4.78 is 6.64. The maximum absolute atomic E-state index is 12.6. The molecule has 1 amide bonds. The smallest absolute Gasteiger partial charge is 0.237 e. The zero-order valence-corrected chi connectivity index (χ0v) is 17.2. The summed E-state index contributed by atoms with van der Waals surface area (Å²) >= 11 is 7.41. The number of hydrogen-bond acceptors (Lipinski definition) is 6. The lowest BCUT2D eigenvalue weighted by molar-refractivity contribution is -0.115. The molecule has 0 radical (unpaired) electrons. The minimum atomic E-state index is -0.462. The van der Waals surface area contributed by atoms with Crippen molar-refractivity contribution in [2.45, 2.75) is 24.3 Å². The Balaban J connectivity index is 1.75. The van der Waals surface area contributed by atoms with Gasteiger partial charge in [0.25, 0.3) is 0 Å². The number of methoxy groups -OCH3 is 1. The van der Waals surface area contributed by atoms with E-state index >= 15 is 0 Å². The van der Waals surface area contributed by atoms with Gasteiger partial charge in [-0.1, -0.05) is 41.6 Å². The monoisotopic (exact) mass is 417 g/mol. The van der Waals surface area contributed by atoms with E-state index < -0.39 is 5.25 Å². The van der Waals surface area contributed by atoms with Gasteiger partial charge in [0.2, 0.25) is 11.1 Å². The van der Waals surface area contributed by atoms with Crippen LogP contribution in [0.15, 0.2) is 47.6 Å². The van der Waals surface area contributed by atoms with E-state index in [9.17, 15) is 4.79 Å². The maximum Gasteiger partial charge on any atom is 0.237 e. The van der Waals surface area contributed by atoms with Crippen molar-refractivity contribution in [3.8, 4) is 17.1 Å². The summed E-state index contributed by atoms with van der Waals surface area (Å²) in [5.74, 6) is 6.96. The van der Waals surface area contributed by atoms with Crippen LogP contribution in [0.5, 0.6) is 5.75 Å². The van der Waals surface area contributed by atoms with Gasteiger partial charge in [0.05, 0.1) is 23.1 Å². The number of nitrogens with two attached hydrogens (primary N) is 1. The van der Waals surface area contributed by atoms with Crippen LogP contribution >= 0.6 is 23.4 Å². The Kier molecular flexibility index (Phi) is 6.11. The van der Waals surface area contributed by atoms with Gasteiger partial charge in [-0.3, -0.25) is 4.79 Å². The average Bonchev–Trinajstić information content (AvgIpc) is 3.02. The van der Waals surface area contributed by atoms with Crippen LogP contribution in [0.4, 0.5) is 5.69 Å². The van der Waals surface area contributed by atoms with Crippen LogP contribution in [0.2, 0.25) is 5.02 Å². The third kappa shape index (κ3) is 4.23. The number of benzene rings is 2. The number of aromatic nitrogens is 3. The molecule has 0 saturated heterocycles. The van der Waals surface area contributed by atoms with Gasteiger partial charge in [-0.25, -0.2) is 4.68 Å². The first-order chi connectivity index (χ1) is 13.4. The highest BCUT2D eigenvalue weighted by atomic mass is 35.5. The van der Waals surface area contributed by atoms with E-state index in [2.05, 4.69) is 15.5 Å². The molecule has 1 aromatic heterocycles. The van der Waals surface area contributed by atoms with Crippen molar-refractivity contribution in [3.63, 3.8) is 0 Å². The zero-order valence-electron chi connectivity index (χ0n) is 15.6. The summed E-state index contributed by atoms with van der Waals surface area (Å²) in [5.41, 5.74) is 2.31. The molecule has 1 atom stereocenters. The Morgan fingerprint density at radius 3 is 2.75 bits per heavy atom. The lowest BCUT2D eigenvalue weighted by Crippen LogP contribution is -2.24. The molecule has 3 aromatic rings. The maximum atomic E-state index is 12.6. The van der Waals surface area contributed by atoms with E-state index in [-0.39, 0.29) is 5.91 Å². The second kappa shape index (κ2) is 8.53. The van der Waals surface area contributed by atoms with Crippen molar-refractivity contribution < 1.29 is 9.53 Å². The normalized spacial score (nSPS) is 11.9. The molecule has 28 heavy (non-hydrogen) atoms. The molecule has 0 fully saturated rings. The molecule has 0 bridgehead atoms. The van der Waals surface area contributed by atoms with E-state index in [4.69, 9.17) is 22.2 Å². The number of nitrogens with one attached hydrogen (secondary N) is 1.